The highest BCUT2D eigenvalue weighted by Gasteiger charge is 2.44. The van der Waals surface area contributed by atoms with E-state index in [9.17, 15) is 0 Å². The highest BCUT2D eigenvalue weighted by molar-refractivity contribution is 9.10. The van der Waals surface area contributed by atoms with Gasteiger partial charge < -0.3 is 11.1 Å². The minimum atomic E-state index is 0.198. The van der Waals surface area contributed by atoms with Gasteiger partial charge in [-0.05, 0) is 48.4 Å². The molecule has 0 bridgehead atoms. The second-order valence-corrected chi connectivity index (χ2v) is 7.70. The smallest absolute Gasteiger partial charge is 0.188 e. The molecule has 0 atom stereocenters. The van der Waals surface area contributed by atoms with Gasteiger partial charge in [-0.3, -0.25) is 4.99 Å². The van der Waals surface area contributed by atoms with Crippen molar-refractivity contribution in [1.82, 2.24) is 5.32 Å². The summed E-state index contributed by atoms with van der Waals surface area (Å²) in [6, 6.07) is 12.8. The third kappa shape index (κ3) is 3.90. The molecule has 5 heteroatoms. The molecule has 1 saturated carbocycles. The molecule has 1 aliphatic carbocycles. The van der Waals surface area contributed by atoms with Crippen LogP contribution >= 0.6 is 27.3 Å². The van der Waals surface area contributed by atoms with E-state index in [2.05, 4.69) is 68.0 Å². The van der Waals surface area contributed by atoms with Gasteiger partial charge >= 0.3 is 0 Å². The number of halogens is 1. The number of nitrogens with zero attached hydrogens (tertiary/aromatic N) is 1. The first kappa shape index (κ1) is 15.6. The lowest BCUT2D eigenvalue weighted by Crippen LogP contribution is -2.34. The van der Waals surface area contributed by atoms with Crippen LogP contribution in [0.1, 0.15) is 23.3 Å². The van der Waals surface area contributed by atoms with Gasteiger partial charge in [0.2, 0.25) is 0 Å². The van der Waals surface area contributed by atoms with Gasteiger partial charge in [0.15, 0.2) is 5.96 Å². The fourth-order valence-corrected chi connectivity index (χ4v) is 3.68. The molecular weight excluding hydrogens is 358 g/mol. The van der Waals surface area contributed by atoms with Crippen molar-refractivity contribution in [1.29, 1.82) is 0 Å². The lowest BCUT2D eigenvalue weighted by Gasteiger charge is -2.14. The first-order valence-corrected chi connectivity index (χ1v) is 9.17. The third-order valence-corrected chi connectivity index (χ3v) is 5.53. The van der Waals surface area contributed by atoms with Gasteiger partial charge in [-0.15, -0.1) is 11.3 Å². The van der Waals surface area contributed by atoms with Crippen LogP contribution in [0, 0.1) is 0 Å². The maximum Gasteiger partial charge on any atom is 0.188 e. The van der Waals surface area contributed by atoms with E-state index in [0.29, 0.717) is 5.96 Å². The van der Waals surface area contributed by atoms with Crippen molar-refractivity contribution in [2.24, 2.45) is 10.7 Å². The zero-order valence-corrected chi connectivity index (χ0v) is 14.8. The Morgan fingerprint density at radius 3 is 2.86 bits per heavy atom. The molecule has 1 aromatic heterocycles. The van der Waals surface area contributed by atoms with Crippen molar-refractivity contribution in [3.8, 4) is 0 Å². The number of rotatable bonds is 6. The van der Waals surface area contributed by atoms with E-state index in [4.69, 9.17) is 5.73 Å². The monoisotopic (exact) mass is 377 g/mol. The quantitative estimate of drug-likeness (QED) is 0.595. The predicted molar refractivity (Wildman–Crippen MR) is 97.6 cm³/mol. The molecule has 0 unspecified atom stereocenters. The molecule has 3 rings (SSSR count). The Kier molecular flexibility index (Phi) is 4.84. The minimum absolute atomic E-state index is 0.198. The first-order valence-electron chi connectivity index (χ1n) is 7.50. The molecule has 22 heavy (non-hydrogen) atoms. The summed E-state index contributed by atoms with van der Waals surface area (Å²) < 4.78 is 1.13. The molecule has 1 fully saturated rings. The summed E-state index contributed by atoms with van der Waals surface area (Å²) in [5.41, 5.74) is 7.55. The first-order chi connectivity index (χ1) is 10.7. The van der Waals surface area contributed by atoms with Crippen LogP contribution in [-0.2, 0) is 11.8 Å². The van der Waals surface area contributed by atoms with E-state index >= 15 is 0 Å². The number of nitrogens with one attached hydrogen (secondary N) is 1. The number of guanidine groups is 1. The molecule has 0 saturated heterocycles. The molecule has 0 amide bonds. The molecule has 1 aromatic carbocycles. The van der Waals surface area contributed by atoms with Crippen LogP contribution < -0.4 is 11.1 Å². The fraction of sp³-hybridized carbons (Fsp3) is 0.353. The maximum absolute atomic E-state index is 5.99. The summed E-state index contributed by atoms with van der Waals surface area (Å²) in [5.74, 6) is 0.554. The summed E-state index contributed by atoms with van der Waals surface area (Å²) in [4.78, 5) is 5.92. The Bertz CT molecular complexity index is 648. The average molecular weight is 378 g/mol. The largest absolute Gasteiger partial charge is 0.370 e. The second kappa shape index (κ2) is 6.84. The predicted octanol–water partition coefficient (Wildman–Crippen LogP) is 3.69. The Labute approximate surface area is 143 Å². The van der Waals surface area contributed by atoms with Crippen LogP contribution in [-0.4, -0.2) is 19.0 Å². The number of nitrogens with two attached hydrogens (primary N) is 1. The van der Waals surface area contributed by atoms with Crippen molar-refractivity contribution >= 4 is 33.2 Å². The zero-order chi connectivity index (χ0) is 15.4. The molecule has 2 aromatic rings. The van der Waals surface area contributed by atoms with Gasteiger partial charge in [0, 0.05) is 21.3 Å². The van der Waals surface area contributed by atoms with Crippen LogP contribution in [0.4, 0.5) is 0 Å². The molecule has 0 radical (unpaired) electrons. The third-order valence-electron chi connectivity index (χ3n) is 4.10. The van der Waals surface area contributed by atoms with Crippen LogP contribution in [0.3, 0.4) is 0 Å². The minimum Gasteiger partial charge on any atom is -0.370 e. The zero-order valence-electron chi connectivity index (χ0n) is 12.4. The normalized spacial score (nSPS) is 16.5. The van der Waals surface area contributed by atoms with Crippen LogP contribution in [0.25, 0.3) is 0 Å². The lowest BCUT2D eigenvalue weighted by atomic mass is 9.96. The average Bonchev–Trinajstić information content (AvgIpc) is 3.14. The van der Waals surface area contributed by atoms with Crippen molar-refractivity contribution in [3.05, 3.63) is 56.7 Å². The topological polar surface area (TPSA) is 50.4 Å². The maximum atomic E-state index is 5.99. The summed E-state index contributed by atoms with van der Waals surface area (Å²) in [7, 11) is 0. The van der Waals surface area contributed by atoms with Crippen molar-refractivity contribution in [3.63, 3.8) is 0 Å². The van der Waals surface area contributed by atoms with E-state index in [0.717, 1.165) is 24.0 Å². The molecule has 3 N–H and O–H groups in total. The van der Waals surface area contributed by atoms with Gasteiger partial charge in [-0.2, -0.15) is 0 Å². The Morgan fingerprint density at radius 2 is 2.18 bits per heavy atom. The number of thiophene rings is 1. The second-order valence-electron chi connectivity index (χ2n) is 5.75. The fourth-order valence-electron chi connectivity index (χ4n) is 2.57. The Morgan fingerprint density at radius 1 is 1.32 bits per heavy atom. The van der Waals surface area contributed by atoms with E-state index in [-0.39, 0.29) is 5.41 Å². The summed E-state index contributed by atoms with van der Waals surface area (Å²) in [6.45, 7) is 1.60. The van der Waals surface area contributed by atoms with E-state index in [1.54, 1.807) is 11.3 Å². The van der Waals surface area contributed by atoms with Crippen LogP contribution in [0.2, 0.25) is 0 Å². The van der Waals surface area contributed by atoms with Crippen LogP contribution in [0.15, 0.2) is 51.2 Å². The van der Waals surface area contributed by atoms with Crippen molar-refractivity contribution in [2.45, 2.75) is 24.7 Å². The van der Waals surface area contributed by atoms with Gasteiger partial charge in [-0.25, -0.2) is 0 Å². The molecule has 1 heterocycles. The van der Waals surface area contributed by atoms with Crippen LogP contribution in [0.5, 0.6) is 0 Å². The molecular formula is C17H20BrN3S. The van der Waals surface area contributed by atoms with Crippen molar-refractivity contribution < 1.29 is 0 Å². The molecule has 116 valence electrons. The number of hydrogen-bond donors (Lipinski definition) is 2. The molecule has 1 aliphatic rings. The Balaban J connectivity index is 1.52. The number of benzene rings is 1. The highest BCUT2D eigenvalue weighted by atomic mass is 79.9. The van der Waals surface area contributed by atoms with Gasteiger partial charge in [0.1, 0.15) is 0 Å². The summed E-state index contributed by atoms with van der Waals surface area (Å²) >= 11 is 5.32. The van der Waals surface area contributed by atoms with Gasteiger partial charge in [0.25, 0.3) is 0 Å². The molecule has 0 spiro atoms. The number of aliphatic imine (C=N–C) groups is 1. The molecule has 3 nitrogen and oxygen atoms in total. The standard InChI is InChI=1S/C17H20BrN3S/c18-14-4-1-3-13(11-14)17(7-8-17)12-21-16(19)20-9-6-15-5-2-10-22-15/h1-5,10-11H,6-9,12H2,(H3,19,20,21). The van der Waals surface area contributed by atoms with Gasteiger partial charge in [0.05, 0.1) is 6.54 Å². The van der Waals surface area contributed by atoms with Gasteiger partial charge in [-0.1, -0.05) is 34.1 Å². The SMILES string of the molecule is NC(=NCC1(c2cccc(Br)c2)CC1)NCCc1cccs1. The lowest BCUT2D eigenvalue weighted by molar-refractivity contribution is 0.699. The Hall–Kier alpha value is -1.33. The van der Waals surface area contributed by atoms with E-state index < -0.39 is 0 Å². The van der Waals surface area contributed by atoms with Crippen molar-refractivity contribution in [2.75, 3.05) is 13.1 Å². The molecule has 0 aliphatic heterocycles. The summed E-state index contributed by atoms with van der Waals surface area (Å²) in [6.07, 6.45) is 3.37. The van der Waals surface area contributed by atoms with E-state index in [1.807, 2.05) is 0 Å². The van der Waals surface area contributed by atoms with E-state index in [1.165, 1.54) is 23.3 Å². The highest BCUT2D eigenvalue weighted by Crippen LogP contribution is 2.48. The summed E-state index contributed by atoms with van der Waals surface area (Å²) in [5, 5.41) is 5.31. The number of hydrogen-bond acceptors (Lipinski definition) is 2.